The Balaban J connectivity index is 3.50. The molecule has 1 aromatic carbocycles. The topological polar surface area (TPSA) is 34.1 Å². The highest BCUT2D eigenvalue weighted by atomic mass is 19.1. The van der Waals surface area contributed by atoms with Crippen LogP contribution < -0.4 is 0 Å². The molecule has 0 N–H and O–H groups in total. The predicted octanol–water partition coefficient (Wildman–Crippen LogP) is 2.15. The minimum atomic E-state index is -0.600. The van der Waals surface area contributed by atoms with Gasteiger partial charge in [-0.1, -0.05) is 12.1 Å². The highest BCUT2D eigenvalue weighted by molar-refractivity contribution is 6.01. The van der Waals surface area contributed by atoms with Crippen molar-refractivity contribution in [3.05, 3.63) is 34.6 Å². The normalized spacial score (nSPS) is 9.77. The molecule has 2 nitrogen and oxygen atoms in total. The molecule has 0 aliphatic carbocycles. The monoisotopic (exact) mass is 180 g/mol. The number of rotatable bonds is 2. The van der Waals surface area contributed by atoms with Crippen LogP contribution in [0.15, 0.2) is 12.1 Å². The van der Waals surface area contributed by atoms with Crippen LogP contribution in [0.25, 0.3) is 0 Å². The maximum absolute atomic E-state index is 13.3. The second-order valence-electron chi connectivity index (χ2n) is 2.83. The molecule has 0 saturated carbocycles. The molecular formula is C10H9FO2. The molecule has 0 bridgehead atoms. The molecule has 0 fully saturated rings. The molecular weight excluding hydrogens is 171 g/mol. The summed E-state index contributed by atoms with van der Waals surface area (Å²) in [5, 5.41) is 0. The van der Waals surface area contributed by atoms with Crippen molar-refractivity contribution in [2.45, 2.75) is 13.8 Å². The zero-order valence-corrected chi connectivity index (χ0v) is 7.43. The smallest absolute Gasteiger partial charge is 0.163 e. The molecule has 0 aliphatic rings. The van der Waals surface area contributed by atoms with E-state index in [-0.39, 0.29) is 11.1 Å². The van der Waals surface area contributed by atoms with Crippen LogP contribution in [0.1, 0.15) is 33.2 Å². The Morgan fingerprint density at radius 1 is 1.46 bits per heavy atom. The van der Waals surface area contributed by atoms with Gasteiger partial charge in [-0.2, -0.15) is 0 Å². The fourth-order valence-corrected chi connectivity index (χ4v) is 1.15. The fourth-order valence-electron chi connectivity index (χ4n) is 1.15. The van der Waals surface area contributed by atoms with E-state index in [2.05, 4.69) is 0 Å². The zero-order valence-electron chi connectivity index (χ0n) is 7.43. The van der Waals surface area contributed by atoms with Crippen LogP contribution in [0.3, 0.4) is 0 Å². The van der Waals surface area contributed by atoms with Crippen LogP contribution in [0.5, 0.6) is 0 Å². The minimum absolute atomic E-state index is 0.107. The van der Waals surface area contributed by atoms with E-state index in [1.54, 1.807) is 6.92 Å². The summed E-state index contributed by atoms with van der Waals surface area (Å²) in [6.07, 6.45) is 0.485. The second kappa shape index (κ2) is 3.47. The molecule has 0 aliphatic heterocycles. The summed E-state index contributed by atoms with van der Waals surface area (Å²) in [5.41, 5.74) is 0.362. The van der Waals surface area contributed by atoms with Crippen LogP contribution >= 0.6 is 0 Å². The van der Waals surface area contributed by atoms with Gasteiger partial charge in [0.05, 0.1) is 5.56 Å². The van der Waals surface area contributed by atoms with E-state index in [0.717, 1.165) is 0 Å². The molecule has 0 aromatic heterocycles. The van der Waals surface area contributed by atoms with E-state index in [0.29, 0.717) is 11.8 Å². The first-order valence-electron chi connectivity index (χ1n) is 3.83. The number of benzene rings is 1. The minimum Gasteiger partial charge on any atom is -0.298 e. The van der Waals surface area contributed by atoms with Gasteiger partial charge in [0.15, 0.2) is 12.1 Å². The van der Waals surface area contributed by atoms with Crippen LogP contribution in [-0.4, -0.2) is 12.1 Å². The Kier molecular flexibility index (Phi) is 2.56. The third-order valence-electron chi connectivity index (χ3n) is 1.85. The quantitative estimate of drug-likeness (QED) is 0.516. The van der Waals surface area contributed by atoms with Crippen molar-refractivity contribution >= 4 is 12.1 Å². The van der Waals surface area contributed by atoms with E-state index in [1.807, 2.05) is 0 Å². The predicted molar refractivity (Wildman–Crippen MR) is 46.5 cm³/mol. The van der Waals surface area contributed by atoms with Crippen molar-refractivity contribution in [1.29, 1.82) is 0 Å². The van der Waals surface area contributed by atoms with E-state index < -0.39 is 11.6 Å². The number of carbonyl (C=O) groups is 2. The Labute approximate surface area is 75.4 Å². The number of ketones is 1. The molecule has 13 heavy (non-hydrogen) atoms. The molecule has 0 unspecified atom stereocenters. The Morgan fingerprint density at radius 2 is 2.08 bits per heavy atom. The standard InChI is InChI=1S/C10H9FO2/c1-6-3-4-8(5-12)9(7(2)13)10(6)11/h3-5H,1-2H3. The number of aryl methyl sites for hydroxylation is 1. The largest absolute Gasteiger partial charge is 0.298 e. The first kappa shape index (κ1) is 9.58. The summed E-state index contributed by atoms with van der Waals surface area (Å²) in [5.74, 6) is -1.03. The Bertz CT molecular complexity index is 369. The molecule has 0 amide bonds. The van der Waals surface area contributed by atoms with Gasteiger partial charge in [-0.3, -0.25) is 9.59 Å². The number of aldehydes is 1. The first-order valence-corrected chi connectivity index (χ1v) is 3.83. The maximum atomic E-state index is 13.3. The number of carbonyl (C=O) groups excluding carboxylic acids is 2. The lowest BCUT2D eigenvalue weighted by molar-refractivity contribution is 0.100. The van der Waals surface area contributed by atoms with Crippen molar-refractivity contribution in [3.8, 4) is 0 Å². The summed E-state index contributed by atoms with van der Waals surface area (Å²) >= 11 is 0. The van der Waals surface area contributed by atoms with Crippen molar-refractivity contribution in [1.82, 2.24) is 0 Å². The van der Waals surface area contributed by atoms with Gasteiger partial charge in [-0.05, 0) is 19.4 Å². The van der Waals surface area contributed by atoms with Gasteiger partial charge in [0.2, 0.25) is 0 Å². The maximum Gasteiger partial charge on any atom is 0.163 e. The number of hydrogen-bond acceptors (Lipinski definition) is 2. The van der Waals surface area contributed by atoms with Crippen LogP contribution in [0.2, 0.25) is 0 Å². The third kappa shape index (κ3) is 1.64. The SMILES string of the molecule is CC(=O)c1c(C=O)ccc(C)c1F. The number of Topliss-reactive ketones (excluding diaryl/α,β-unsaturated/α-hetero) is 1. The van der Waals surface area contributed by atoms with Crippen LogP contribution in [-0.2, 0) is 0 Å². The number of halogens is 1. The average Bonchev–Trinajstić information content (AvgIpc) is 2.08. The molecule has 0 atom stereocenters. The Hall–Kier alpha value is -1.51. The lowest BCUT2D eigenvalue weighted by Crippen LogP contribution is -2.04. The molecule has 1 rings (SSSR count). The Morgan fingerprint density at radius 3 is 2.54 bits per heavy atom. The molecule has 0 heterocycles. The average molecular weight is 180 g/mol. The van der Waals surface area contributed by atoms with Crippen LogP contribution in [0.4, 0.5) is 4.39 Å². The van der Waals surface area contributed by atoms with Crippen molar-refractivity contribution < 1.29 is 14.0 Å². The van der Waals surface area contributed by atoms with Gasteiger partial charge in [-0.15, -0.1) is 0 Å². The summed E-state index contributed by atoms with van der Waals surface area (Å²) in [6.45, 7) is 2.79. The first-order chi connectivity index (χ1) is 6.07. The summed E-state index contributed by atoms with van der Waals surface area (Å²) < 4.78 is 13.3. The molecule has 0 spiro atoms. The van der Waals surface area contributed by atoms with E-state index in [9.17, 15) is 14.0 Å². The van der Waals surface area contributed by atoms with Crippen molar-refractivity contribution in [3.63, 3.8) is 0 Å². The van der Waals surface area contributed by atoms with E-state index in [1.165, 1.54) is 19.1 Å². The molecule has 0 radical (unpaired) electrons. The summed E-state index contributed by atoms with van der Waals surface area (Å²) in [4.78, 5) is 21.5. The van der Waals surface area contributed by atoms with Crippen molar-refractivity contribution in [2.24, 2.45) is 0 Å². The highest BCUT2D eigenvalue weighted by Gasteiger charge is 2.14. The van der Waals surface area contributed by atoms with Gasteiger partial charge >= 0.3 is 0 Å². The zero-order chi connectivity index (χ0) is 10.0. The molecule has 3 heteroatoms. The molecule has 1 aromatic rings. The number of hydrogen-bond donors (Lipinski definition) is 0. The van der Waals surface area contributed by atoms with E-state index >= 15 is 0 Å². The van der Waals surface area contributed by atoms with E-state index in [4.69, 9.17) is 0 Å². The molecule has 0 saturated heterocycles. The lowest BCUT2D eigenvalue weighted by Gasteiger charge is -2.04. The van der Waals surface area contributed by atoms with Crippen LogP contribution in [0, 0.1) is 12.7 Å². The summed E-state index contributed by atoms with van der Waals surface area (Å²) in [6, 6.07) is 2.92. The highest BCUT2D eigenvalue weighted by Crippen LogP contribution is 2.16. The van der Waals surface area contributed by atoms with Gasteiger partial charge in [0, 0.05) is 5.56 Å². The lowest BCUT2D eigenvalue weighted by atomic mass is 10.0. The van der Waals surface area contributed by atoms with Gasteiger partial charge < -0.3 is 0 Å². The third-order valence-corrected chi connectivity index (χ3v) is 1.85. The fraction of sp³-hybridized carbons (Fsp3) is 0.200. The summed E-state index contributed by atoms with van der Waals surface area (Å²) in [7, 11) is 0. The van der Waals surface area contributed by atoms with Gasteiger partial charge in [0.25, 0.3) is 0 Å². The molecule has 68 valence electrons. The van der Waals surface area contributed by atoms with Crippen molar-refractivity contribution in [2.75, 3.05) is 0 Å². The van der Waals surface area contributed by atoms with Gasteiger partial charge in [-0.25, -0.2) is 4.39 Å². The second-order valence-corrected chi connectivity index (χ2v) is 2.83. The van der Waals surface area contributed by atoms with Gasteiger partial charge in [0.1, 0.15) is 5.82 Å².